The molecule has 6 nitrogen and oxygen atoms in total. The number of carbonyl (C=O) groups excluding carboxylic acids is 3. The summed E-state index contributed by atoms with van der Waals surface area (Å²) in [5, 5.41) is 5.78. The summed E-state index contributed by atoms with van der Waals surface area (Å²) in [6.07, 6.45) is 0. The second-order valence-corrected chi connectivity index (χ2v) is 7.21. The smallest absolute Gasteiger partial charge is 0.323 e. The summed E-state index contributed by atoms with van der Waals surface area (Å²) in [6, 6.07) is 12.0. The molecule has 0 saturated carbocycles. The van der Waals surface area contributed by atoms with Gasteiger partial charge in [0.2, 0.25) is 5.91 Å². The lowest BCUT2D eigenvalue weighted by atomic mass is 9.92. The van der Waals surface area contributed by atoms with Crippen LogP contribution in [0, 0.1) is 13.8 Å². The SMILES string of the molecule is Cc1cc(C)c(NC(=O)CN2C(=O)N[C@](C)(c3ccccc3)C2=O)c(Cl)c1. The number of nitrogens with one attached hydrogen (secondary N) is 2. The van der Waals surface area contributed by atoms with E-state index in [0.29, 0.717) is 16.3 Å². The van der Waals surface area contributed by atoms with Crippen LogP contribution in [0.3, 0.4) is 0 Å². The van der Waals surface area contributed by atoms with Gasteiger partial charge in [-0.1, -0.05) is 48.0 Å². The van der Waals surface area contributed by atoms with Crippen LogP contribution in [0.25, 0.3) is 0 Å². The third-order valence-corrected chi connectivity index (χ3v) is 4.92. The van der Waals surface area contributed by atoms with Crippen LogP contribution >= 0.6 is 11.6 Å². The molecule has 1 saturated heterocycles. The maximum Gasteiger partial charge on any atom is 0.325 e. The van der Waals surface area contributed by atoms with Crippen LogP contribution in [0.1, 0.15) is 23.6 Å². The highest BCUT2D eigenvalue weighted by Gasteiger charge is 2.49. The van der Waals surface area contributed by atoms with Gasteiger partial charge < -0.3 is 10.6 Å². The lowest BCUT2D eigenvalue weighted by molar-refractivity contribution is -0.133. The maximum absolute atomic E-state index is 12.8. The van der Waals surface area contributed by atoms with E-state index < -0.39 is 29.9 Å². The molecular weight excluding hydrogens is 366 g/mol. The van der Waals surface area contributed by atoms with E-state index in [9.17, 15) is 14.4 Å². The van der Waals surface area contributed by atoms with E-state index in [1.165, 1.54) is 0 Å². The summed E-state index contributed by atoms with van der Waals surface area (Å²) in [5.41, 5.74) is 1.72. The van der Waals surface area contributed by atoms with E-state index in [2.05, 4.69) is 10.6 Å². The fourth-order valence-electron chi connectivity index (χ4n) is 3.20. The number of anilines is 1. The molecule has 1 fully saturated rings. The Labute approximate surface area is 162 Å². The van der Waals surface area contributed by atoms with Gasteiger partial charge in [-0.3, -0.25) is 14.5 Å². The Morgan fingerprint density at radius 1 is 1.19 bits per heavy atom. The second-order valence-electron chi connectivity index (χ2n) is 6.80. The van der Waals surface area contributed by atoms with Crippen molar-refractivity contribution >= 4 is 35.1 Å². The lowest BCUT2D eigenvalue weighted by Crippen LogP contribution is -2.42. The molecule has 0 aliphatic carbocycles. The Morgan fingerprint density at radius 2 is 1.85 bits per heavy atom. The molecule has 4 amide bonds. The lowest BCUT2D eigenvalue weighted by Gasteiger charge is -2.22. The van der Waals surface area contributed by atoms with Crippen molar-refractivity contribution in [2.24, 2.45) is 0 Å². The molecule has 2 aromatic rings. The number of urea groups is 1. The molecule has 1 atom stereocenters. The van der Waals surface area contributed by atoms with E-state index in [-0.39, 0.29) is 0 Å². The summed E-state index contributed by atoms with van der Waals surface area (Å²) in [7, 11) is 0. The van der Waals surface area contributed by atoms with Crippen molar-refractivity contribution in [3.63, 3.8) is 0 Å². The normalized spacial score (nSPS) is 19.2. The fourth-order valence-corrected chi connectivity index (χ4v) is 3.57. The van der Waals surface area contributed by atoms with E-state index in [1.54, 1.807) is 37.3 Å². The Kier molecular flexibility index (Phi) is 4.93. The average Bonchev–Trinajstić information content (AvgIpc) is 2.83. The predicted molar refractivity (Wildman–Crippen MR) is 104 cm³/mol. The summed E-state index contributed by atoms with van der Waals surface area (Å²) in [6.45, 7) is 4.97. The van der Waals surface area contributed by atoms with E-state index >= 15 is 0 Å². The molecule has 0 unspecified atom stereocenters. The van der Waals surface area contributed by atoms with Crippen LogP contribution in [0.2, 0.25) is 5.02 Å². The highest BCUT2D eigenvalue weighted by atomic mass is 35.5. The highest BCUT2D eigenvalue weighted by Crippen LogP contribution is 2.30. The molecule has 2 N–H and O–H groups in total. The Balaban J connectivity index is 1.77. The standard InChI is InChI=1S/C20H20ClN3O3/c1-12-9-13(2)17(15(21)10-12)22-16(25)11-24-18(26)20(3,23-19(24)27)14-7-5-4-6-8-14/h4-10H,11H2,1-3H3,(H,22,25)(H,23,27)/t20-/m1/s1. The van der Waals surface area contributed by atoms with Crippen LogP contribution in [-0.2, 0) is 15.1 Å². The van der Waals surface area contributed by atoms with Gasteiger partial charge in [0.05, 0.1) is 10.7 Å². The Morgan fingerprint density at radius 3 is 2.48 bits per heavy atom. The fraction of sp³-hybridized carbons (Fsp3) is 0.250. The van der Waals surface area contributed by atoms with Gasteiger partial charge in [0.25, 0.3) is 5.91 Å². The topological polar surface area (TPSA) is 78.5 Å². The number of hydrogen-bond donors (Lipinski definition) is 2. The molecular formula is C20H20ClN3O3. The van der Waals surface area contributed by atoms with Gasteiger partial charge in [-0.2, -0.15) is 0 Å². The van der Waals surface area contributed by atoms with Crippen LogP contribution in [0.15, 0.2) is 42.5 Å². The summed E-state index contributed by atoms with van der Waals surface area (Å²) < 4.78 is 0. The molecule has 0 radical (unpaired) electrons. The third kappa shape index (κ3) is 3.53. The first-order chi connectivity index (χ1) is 12.7. The zero-order valence-corrected chi connectivity index (χ0v) is 16.1. The zero-order valence-electron chi connectivity index (χ0n) is 15.3. The first kappa shape index (κ1) is 18.9. The average molecular weight is 386 g/mol. The molecule has 0 aromatic heterocycles. The number of nitrogens with zero attached hydrogens (tertiary/aromatic N) is 1. The van der Waals surface area contributed by atoms with Crippen molar-refractivity contribution in [1.82, 2.24) is 10.2 Å². The predicted octanol–water partition coefficient (Wildman–Crippen LogP) is 3.36. The minimum Gasteiger partial charge on any atom is -0.323 e. The monoisotopic (exact) mass is 385 g/mol. The molecule has 7 heteroatoms. The van der Waals surface area contributed by atoms with Crippen molar-refractivity contribution in [3.8, 4) is 0 Å². The minimum atomic E-state index is -1.20. The van der Waals surface area contributed by atoms with Crippen molar-refractivity contribution in [3.05, 3.63) is 64.2 Å². The third-order valence-electron chi connectivity index (χ3n) is 4.62. The van der Waals surface area contributed by atoms with Crippen molar-refractivity contribution in [2.75, 3.05) is 11.9 Å². The number of amides is 4. The molecule has 1 heterocycles. The van der Waals surface area contributed by atoms with Crippen LogP contribution in [-0.4, -0.2) is 29.3 Å². The van der Waals surface area contributed by atoms with E-state index in [4.69, 9.17) is 11.6 Å². The van der Waals surface area contributed by atoms with Gasteiger partial charge in [-0.05, 0) is 43.5 Å². The van der Waals surface area contributed by atoms with Crippen LogP contribution in [0.4, 0.5) is 10.5 Å². The molecule has 2 aromatic carbocycles. The number of hydrogen-bond acceptors (Lipinski definition) is 3. The highest BCUT2D eigenvalue weighted by molar-refractivity contribution is 6.34. The van der Waals surface area contributed by atoms with Gasteiger partial charge >= 0.3 is 6.03 Å². The first-order valence-electron chi connectivity index (χ1n) is 8.48. The number of imide groups is 1. The van der Waals surface area contributed by atoms with Crippen molar-refractivity contribution in [1.29, 1.82) is 0 Å². The summed E-state index contributed by atoms with van der Waals surface area (Å²) in [4.78, 5) is 38.5. The van der Waals surface area contributed by atoms with Gasteiger partial charge in [0.15, 0.2) is 0 Å². The maximum atomic E-state index is 12.8. The van der Waals surface area contributed by atoms with E-state index in [1.807, 2.05) is 26.0 Å². The molecule has 0 bridgehead atoms. The molecule has 27 heavy (non-hydrogen) atoms. The Bertz CT molecular complexity index is 906. The van der Waals surface area contributed by atoms with Gasteiger partial charge in [0, 0.05) is 0 Å². The molecule has 140 valence electrons. The number of carbonyl (C=O) groups is 3. The number of halogens is 1. The van der Waals surface area contributed by atoms with Crippen molar-refractivity contribution in [2.45, 2.75) is 26.3 Å². The van der Waals surface area contributed by atoms with Crippen LogP contribution < -0.4 is 10.6 Å². The largest absolute Gasteiger partial charge is 0.325 e. The van der Waals surface area contributed by atoms with Gasteiger partial charge in [-0.15, -0.1) is 0 Å². The summed E-state index contributed by atoms with van der Waals surface area (Å²) >= 11 is 6.20. The quantitative estimate of drug-likeness (QED) is 0.792. The first-order valence-corrected chi connectivity index (χ1v) is 8.86. The second kappa shape index (κ2) is 7.04. The van der Waals surface area contributed by atoms with E-state index in [0.717, 1.165) is 16.0 Å². The van der Waals surface area contributed by atoms with Crippen molar-refractivity contribution < 1.29 is 14.4 Å². The van der Waals surface area contributed by atoms with Crippen LogP contribution in [0.5, 0.6) is 0 Å². The van der Waals surface area contributed by atoms with Gasteiger partial charge in [0.1, 0.15) is 12.1 Å². The molecule has 1 aliphatic rings. The molecule has 1 aliphatic heterocycles. The summed E-state index contributed by atoms with van der Waals surface area (Å²) in [5.74, 6) is -0.967. The Hall–Kier alpha value is -2.86. The number of rotatable bonds is 4. The van der Waals surface area contributed by atoms with Gasteiger partial charge in [-0.25, -0.2) is 4.79 Å². The number of benzene rings is 2. The number of aryl methyl sites for hydroxylation is 2. The zero-order chi connectivity index (χ0) is 19.8. The molecule has 0 spiro atoms. The minimum absolute atomic E-state index is 0.392. The molecule has 3 rings (SSSR count).